The van der Waals surface area contributed by atoms with Crippen LogP contribution in [0.2, 0.25) is 0 Å². The zero-order valence-corrected chi connectivity index (χ0v) is 16.1. The number of hydrogen-bond acceptors (Lipinski definition) is 2. The summed E-state index contributed by atoms with van der Waals surface area (Å²) in [7, 11) is 0. The topological polar surface area (TPSA) is 46.9 Å². The molecule has 2 aromatic carbocycles. The minimum atomic E-state index is 0.0961. The molecule has 0 bridgehead atoms. The summed E-state index contributed by atoms with van der Waals surface area (Å²) in [5.74, 6) is 0.239. The molecule has 0 atom stereocenters. The Morgan fingerprint density at radius 2 is 1.78 bits per heavy atom. The van der Waals surface area contributed by atoms with Crippen molar-refractivity contribution in [1.82, 2.24) is 15.1 Å². The largest absolute Gasteiger partial charge is 0.352 e. The van der Waals surface area contributed by atoms with Crippen LogP contribution in [0.4, 0.5) is 0 Å². The van der Waals surface area contributed by atoms with E-state index in [2.05, 4.69) is 60.7 Å². The molecule has 3 rings (SSSR count). The SMILES string of the molecule is CCC(CC)C(=O)NCc1ccccc1-c1ccc(Cn2cccn2)cc1. The van der Waals surface area contributed by atoms with Gasteiger partial charge in [0.05, 0.1) is 6.54 Å². The summed E-state index contributed by atoms with van der Waals surface area (Å²) in [6.07, 6.45) is 5.51. The molecule has 0 aliphatic heterocycles. The first-order chi connectivity index (χ1) is 13.2. The second-order valence-corrected chi connectivity index (χ2v) is 6.79. The molecular formula is C23H27N3O. The number of benzene rings is 2. The highest BCUT2D eigenvalue weighted by Gasteiger charge is 2.14. The molecule has 3 aromatic rings. The lowest BCUT2D eigenvalue weighted by Crippen LogP contribution is -2.29. The number of carbonyl (C=O) groups is 1. The molecule has 1 aromatic heterocycles. The maximum absolute atomic E-state index is 12.3. The third-order valence-corrected chi connectivity index (χ3v) is 5.00. The van der Waals surface area contributed by atoms with Crippen LogP contribution in [-0.2, 0) is 17.9 Å². The van der Waals surface area contributed by atoms with Gasteiger partial charge in [0.25, 0.3) is 0 Å². The van der Waals surface area contributed by atoms with E-state index in [9.17, 15) is 4.79 Å². The fourth-order valence-electron chi connectivity index (χ4n) is 3.31. The van der Waals surface area contributed by atoms with Crippen molar-refractivity contribution >= 4 is 5.91 Å². The van der Waals surface area contributed by atoms with E-state index in [1.54, 1.807) is 6.20 Å². The molecule has 0 fully saturated rings. The predicted octanol–water partition coefficient (Wildman–Crippen LogP) is 4.65. The number of carbonyl (C=O) groups excluding carboxylic acids is 1. The molecule has 0 saturated carbocycles. The monoisotopic (exact) mass is 361 g/mol. The molecule has 4 nitrogen and oxygen atoms in total. The summed E-state index contributed by atoms with van der Waals surface area (Å²) in [6, 6.07) is 18.7. The van der Waals surface area contributed by atoms with Crippen LogP contribution < -0.4 is 5.32 Å². The first kappa shape index (κ1) is 18.9. The van der Waals surface area contributed by atoms with Crippen LogP contribution in [0.3, 0.4) is 0 Å². The second kappa shape index (κ2) is 9.17. The highest BCUT2D eigenvalue weighted by molar-refractivity contribution is 5.79. The second-order valence-electron chi connectivity index (χ2n) is 6.79. The van der Waals surface area contributed by atoms with E-state index in [4.69, 9.17) is 0 Å². The van der Waals surface area contributed by atoms with Crippen molar-refractivity contribution in [3.63, 3.8) is 0 Å². The van der Waals surface area contributed by atoms with Crippen molar-refractivity contribution in [2.45, 2.75) is 39.8 Å². The van der Waals surface area contributed by atoms with E-state index in [-0.39, 0.29) is 11.8 Å². The Morgan fingerprint density at radius 1 is 1.04 bits per heavy atom. The van der Waals surface area contributed by atoms with Crippen molar-refractivity contribution in [2.24, 2.45) is 5.92 Å². The van der Waals surface area contributed by atoms with Crippen LogP contribution >= 0.6 is 0 Å². The van der Waals surface area contributed by atoms with E-state index in [0.717, 1.165) is 36.1 Å². The van der Waals surface area contributed by atoms with Crippen LogP contribution in [0.5, 0.6) is 0 Å². The molecular weight excluding hydrogens is 334 g/mol. The fraction of sp³-hybridized carbons (Fsp3) is 0.304. The summed E-state index contributed by atoms with van der Waals surface area (Å²) in [5, 5.41) is 7.35. The molecule has 0 saturated heterocycles. The first-order valence-corrected chi connectivity index (χ1v) is 9.63. The molecule has 1 amide bonds. The number of amides is 1. The van der Waals surface area contributed by atoms with Gasteiger partial charge in [-0.2, -0.15) is 5.10 Å². The minimum Gasteiger partial charge on any atom is -0.352 e. The van der Waals surface area contributed by atoms with Gasteiger partial charge in [-0.05, 0) is 41.2 Å². The summed E-state index contributed by atoms with van der Waals surface area (Å²) in [4.78, 5) is 12.3. The lowest BCUT2D eigenvalue weighted by molar-refractivity contribution is -0.125. The Hall–Kier alpha value is -2.88. The van der Waals surface area contributed by atoms with Gasteiger partial charge in [-0.15, -0.1) is 0 Å². The smallest absolute Gasteiger partial charge is 0.223 e. The quantitative estimate of drug-likeness (QED) is 0.635. The average Bonchev–Trinajstić information content (AvgIpc) is 3.21. The maximum atomic E-state index is 12.3. The number of hydrogen-bond donors (Lipinski definition) is 1. The molecule has 27 heavy (non-hydrogen) atoms. The normalized spacial score (nSPS) is 10.9. The highest BCUT2D eigenvalue weighted by Crippen LogP contribution is 2.24. The number of nitrogens with one attached hydrogen (secondary N) is 1. The van der Waals surface area contributed by atoms with E-state index in [1.165, 1.54) is 5.56 Å². The van der Waals surface area contributed by atoms with Gasteiger partial charge >= 0.3 is 0 Å². The van der Waals surface area contributed by atoms with Gasteiger partial charge in [-0.25, -0.2) is 0 Å². The standard InChI is InChI=1S/C23H27N3O/c1-3-19(4-2)23(27)24-16-21-8-5-6-9-22(21)20-12-10-18(11-13-20)17-26-15-7-14-25-26/h5-15,19H,3-4,16-17H2,1-2H3,(H,24,27). The van der Waals surface area contributed by atoms with Crippen LogP contribution in [-0.4, -0.2) is 15.7 Å². The van der Waals surface area contributed by atoms with Crippen LogP contribution in [0, 0.1) is 5.92 Å². The van der Waals surface area contributed by atoms with Crippen LogP contribution in [0.15, 0.2) is 67.0 Å². The molecule has 0 radical (unpaired) electrons. The molecule has 0 aliphatic rings. The summed E-state index contributed by atoms with van der Waals surface area (Å²) in [5.41, 5.74) is 4.66. The van der Waals surface area contributed by atoms with Crippen molar-refractivity contribution < 1.29 is 4.79 Å². The van der Waals surface area contributed by atoms with Crippen molar-refractivity contribution in [1.29, 1.82) is 0 Å². The Balaban J connectivity index is 1.72. The van der Waals surface area contributed by atoms with Crippen LogP contribution in [0.1, 0.15) is 37.8 Å². The number of aromatic nitrogens is 2. The van der Waals surface area contributed by atoms with E-state index in [0.29, 0.717) is 6.54 Å². The van der Waals surface area contributed by atoms with Crippen LogP contribution in [0.25, 0.3) is 11.1 Å². The van der Waals surface area contributed by atoms with Gasteiger partial charge in [-0.3, -0.25) is 9.48 Å². The molecule has 1 N–H and O–H groups in total. The van der Waals surface area contributed by atoms with E-state index < -0.39 is 0 Å². The highest BCUT2D eigenvalue weighted by atomic mass is 16.1. The lowest BCUT2D eigenvalue weighted by atomic mass is 9.98. The number of nitrogens with zero attached hydrogens (tertiary/aromatic N) is 2. The zero-order valence-electron chi connectivity index (χ0n) is 16.1. The number of rotatable bonds is 8. The van der Waals surface area contributed by atoms with Gasteiger partial charge in [-0.1, -0.05) is 62.4 Å². The first-order valence-electron chi connectivity index (χ1n) is 9.63. The van der Waals surface area contributed by atoms with Gasteiger partial charge in [0.15, 0.2) is 0 Å². The van der Waals surface area contributed by atoms with Gasteiger partial charge in [0, 0.05) is 24.9 Å². The Morgan fingerprint density at radius 3 is 2.44 bits per heavy atom. The molecule has 140 valence electrons. The summed E-state index contributed by atoms with van der Waals surface area (Å²) >= 11 is 0. The van der Waals surface area contributed by atoms with Gasteiger partial charge in [0.1, 0.15) is 0 Å². The Bertz CT molecular complexity index is 850. The van der Waals surface area contributed by atoms with Crippen molar-refractivity contribution in [3.05, 3.63) is 78.1 Å². The Labute approximate surface area is 161 Å². The lowest BCUT2D eigenvalue weighted by Gasteiger charge is -2.15. The Kier molecular flexibility index (Phi) is 6.42. The van der Waals surface area contributed by atoms with Gasteiger partial charge in [0.2, 0.25) is 5.91 Å². The molecule has 0 unspecified atom stereocenters. The predicted molar refractivity (Wildman–Crippen MR) is 109 cm³/mol. The van der Waals surface area contributed by atoms with E-state index >= 15 is 0 Å². The fourth-order valence-corrected chi connectivity index (χ4v) is 3.31. The zero-order chi connectivity index (χ0) is 19.1. The molecule has 0 spiro atoms. The summed E-state index contributed by atoms with van der Waals surface area (Å²) < 4.78 is 1.91. The molecule has 4 heteroatoms. The maximum Gasteiger partial charge on any atom is 0.223 e. The minimum absolute atomic E-state index is 0.0961. The summed E-state index contributed by atoms with van der Waals surface area (Å²) in [6.45, 7) is 5.44. The molecule has 1 heterocycles. The molecule has 0 aliphatic carbocycles. The average molecular weight is 361 g/mol. The van der Waals surface area contributed by atoms with E-state index in [1.807, 2.05) is 29.1 Å². The van der Waals surface area contributed by atoms with Crippen molar-refractivity contribution in [2.75, 3.05) is 0 Å². The third kappa shape index (κ3) is 4.85. The van der Waals surface area contributed by atoms with Crippen molar-refractivity contribution in [3.8, 4) is 11.1 Å². The van der Waals surface area contributed by atoms with Gasteiger partial charge < -0.3 is 5.32 Å². The third-order valence-electron chi connectivity index (χ3n) is 5.00.